The van der Waals surface area contributed by atoms with Gasteiger partial charge in [-0.15, -0.1) is 0 Å². The van der Waals surface area contributed by atoms with Crippen molar-refractivity contribution < 1.29 is 5.11 Å². The molecule has 5 nitrogen and oxygen atoms in total. The Morgan fingerprint density at radius 1 is 1.46 bits per heavy atom. The van der Waals surface area contributed by atoms with Gasteiger partial charge in [-0.3, -0.25) is 4.79 Å². The van der Waals surface area contributed by atoms with Crippen molar-refractivity contribution in [3.8, 4) is 5.88 Å². The van der Waals surface area contributed by atoms with E-state index in [9.17, 15) is 9.90 Å². The quantitative estimate of drug-likeness (QED) is 0.533. The van der Waals surface area contributed by atoms with E-state index >= 15 is 0 Å². The minimum absolute atomic E-state index is 0.211. The first-order valence-corrected chi connectivity index (χ1v) is 3.64. The van der Waals surface area contributed by atoms with E-state index in [1.54, 1.807) is 12.1 Å². The number of hydrogen-bond donors (Lipinski definition) is 2. The molecule has 2 aromatic rings. The summed E-state index contributed by atoms with van der Waals surface area (Å²) in [6.45, 7) is 0. The lowest BCUT2D eigenvalue weighted by Crippen LogP contribution is -2.12. The molecule has 3 N–H and O–H groups in total. The number of hydrogen-bond acceptors (Lipinski definition) is 4. The lowest BCUT2D eigenvalue weighted by atomic mass is 10.1. The molecule has 0 aliphatic heterocycles. The molecule has 0 radical (unpaired) electrons. The van der Waals surface area contributed by atoms with E-state index < -0.39 is 11.4 Å². The van der Waals surface area contributed by atoms with Gasteiger partial charge >= 0.3 is 0 Å². The minimum atomic E-state index is -0.470. The SMILES string of the molecule is Nc1cccc2c([O-])n[nH]c(=O)c12. The van der Waals surface area contributed by atoms with Gasteiger partial charge in [-0.2, -0.15) is 5.10 Å². The Morgan fingerprint density at radius 3 is 2.92 bits per heavy atom. The first kappa shape index (κ1) is 7.60. The van der Waals surface area contributed by atoms with Crippen LogP contribution in [0.25, 0.3) is 10.8 Å². The third kappa shape index (κ3) is 1.01. The number of nitrogens with zero attached hydrogens (tertiary/aromatic N) is 1. The van der Waals surface area contributed by atoms with Crippen LogP contribution >= 0.6 is 0 Å². The summed E-state index contributed by atoms with van der Waals surface area (Å²) in [4.78, 5) is 11.2. The van der Waals surface area contributed by atoms with Crippen LogP contribution in [0.4, 0.5) is 5.69 Å². The molecule has 13 heavy (non-hydrogen) atoms. The standard InChI is InChI=1S/C8H7N3O2/c9-5-3-1-2-4-6(5)8(13)11-10-7(4)12/h1-3H,9H2,(H,10,12)(H,11,13)/p-1. The third-order valence-corrected chi connectivity index (χ3v) is 1.81. The van der Waals surface area contributed by atoms with Gasteiger partial charge in [-0.1, -0.05) is 12.1 Å². The predicted molar refractivity (Wildman–Crippen MR) is 46.2 cm³/mol. The molecule has 0 bridgehead atoms. The lowest BCUT2D eigenvalue weighted by molar-refractivity contribution is -0.273. The Balaban J connectivity index is 3.09. The van der Waals surface area contributed by atoms with Crippen LogP contribution in [-0.2, 0) is 0 Å². The van der Waals surface area contributed by atoms with Crippen molar-refractivity contribution in [1.29, 1.82) is 0 Å². The minimum Gasteiger partial charge on any atom is -0.857 e. The second-order valence-corrected chi connectivity index (χ2v) is 2.63. The number of nitrogen functional groups attached to an aromatic ring is 1. The largest absolute Gasteiger partial charge is 0.857 e. The van der Waals surface area contributed by atoms with E-state index in [1.807, 2.05) is 0 Å². The number of anilines is 1. The van der Waals surface area contributed by atoms with Crippen molar-refractivity contribution in [2.75, 3.05) is 5.73 Å². The van der Waals surface area contributed by atoms with Gasteiger partial charge in [0.2, 0.25) is 0 Å². The van der Waals surface area contributed by atoms with Gasteiger partial charge in [-0.05, 0) is 6.07 Å². The fourth-order valence-corrected chi connectivity index (χ4v) is 1.22. The van der Waals surface area contributed by atoms with Gasteiger partial charge in [-0.25, -0.2) is 5.10 Å². The zero-order valence-electron chi connectivity index (χ0n) is 6.57. The molecule has 1 aromatic heterocycles. The van der Waals surface area contributed by atoms with E-state index in [4.69, 9.17) is 5.73 Å². The topological polar surface area (TPSA) is 94.8 Å². The average molecular weight is 176 g/mol. The molecule has 5 heteroatoms. The molecule has 66 valence electrons. The van der Waals surface area contributed by atoms with Gasteiger partial charge in [0, 0.05) is 17.0 Å². The number of aromatic amines is 1. The van der Waals surface area contributed by atoms with Crippen molar-refractivity contribution in [1.82, 2.24) is 10.2 Å². The highest BCUT2D eigenvalue weighted by Gasteiger charge is 2.02. The highest BCUT2D eigenvalue weighted by atomic mass is 16.3. The molecule has 0 atom stereocenters. The molecule has 2 rings (SSSR count). The van der Waals surface area contributed by atoms with Crippen LogP contribution in [0, 0.1) is 0 Å². The summed E-state index contributed by atoms with van der Waals surface area (Å²) in [5.74, 6) is -0.470. The zero-order chi connectivity index (χ0) is 9.42. The zero-order valence-corrected chi connectivity index (χ0v) is 6.57. The molecule has 1 heterocycles. The Labute approximate surface area is 72.8 Å². The van der Waals surface area contributed by atoms with Gasteiger partial charge in [0.05, 0.1) is 5.39 Å². The van der Waals surface area contributed by atoms with Crippen LogP contribution in [0.3, 0.4) is 0 Å². The summed E-state index contributed by atoms with van der Waals surface area (Å²) in [5, 5.41) is 17.0. The number of fused-ring (bicyclic) bond motifs is 1. The second kappa shape index (κ2) is 2.48. The van der Waals surface area contributed by atoms with E-state index in [0.717, 1.165) is 0 Å². The molecule has 0 aliphatic carbocycles. The van der Waals surface area contributed by atoms with E-state index in [2.05, 4.69) is 10.2 Å². The summed E-state index contributed by atoms with van der Waals surface area (Å²) in [6.07, 6.45) is 0. The maximum atomic E-state index is 11.2. The Hall–Kier alpha value is -2.04. The van der Waals surface area contributed by atoms with E-state index in [-0.39, 0.29) is 10.8 Å². The smallest absolute Gasteiger partial charge is 0.274 e. The van der Waals surface area contributed by atoms with Crippen LogP contribution in [0.1, 0.15) is 0 Å². The molecule has 0 fully saturated rings. The first-order chi connectivity index (χ1) is 6.20. The van der Waals surface area contributed by atoms with Crippen molar-refractivity contribution in [2.45, 2.75) is 0 Å². The van der Waals surface area contributed by atoms with Crippen molar-refractivity contribution in [3.05, 3.63) is 28.6 Å². The molecule has 0 saturated heterocycles. The number of nitrogens with one attached hydrogen (secondary N) is 1. The summed E-state index contributed by atoms with van der Waals surface area (Å²) in [5.41, 5.74) is 5.39. The van der Waals surface area contributed by atoms with E-state index in [0.29, 0.717) is 5.69 Å². The molecule has 0 amide bonds. The van der Waals surface area contributed by atoms with Crippen molar-refractivity contribution >= 4 is 16.5 Å². The van der Waals surface area contributed by atoms with Gasteiger partial charge in [0.1, 0.15) is 0 Å². The molecule has 0 saturated carbocycles. The Morgan fingerprint density at radius 2 is 2.23 bits per heavy atom. The van der Waals surface area contributed by atoms with Gasteiger partial charge < -0.3 is 10.8 Å². The Kier molecular flexibility index (Phi) is 1.45. The molecular formula is C8H6N3O2-. The summed E-state index contributed by atoms with van der Waals surface area (Å²) in [6, 6.07) is 4.70. The fourth-order valence-electron chi connectivity index (χ4n) is 1.22. The monoisotopic (exact) mass is 176 g/mol. The molecule has 1 aromatic carbocycles. The Bertz CT molecular complexity index is 518. The van der Waals surface area contributed by atoms with Crippen molar-refractivity contribution in [3.63, 3.8) is 0 Å². The number of nitrogens with two attached hydrogens (primary N) is 1. The van der Waals surface area contributed by atoms with Crippen LogP contribution in [0.15, 0.2) is 23.0 Å². The highest BCUT2D eigenvalue weighted by Crippen LogP contribution is 2.20. The predicted octanol–water partition coefficient (Wildman–Crippen LogP) is -0.421. The number of rotatable bonds is 0. The summed E-state index contributed by atoms with van der Waals surface area (Å²) >= 11 is 0. The first-order valence-electron chi connectivity index (χ1n) is 3.64. The molecule has 0 aliphatic rings. The molecule has 0 spiro atoms. The third-order valence-electron chi connectivity index (χ3n) is 1.81. The summed E-state index contributed by atoms with van der Waals surface area (Å²) < 4.78 is 0. The van der Waals surface area contributed by atoms with Crippen LogP contribution in [0.2, 0.25) is 0 Å². The van der Waals surface area contributed by atoms with E-state index in [1.165, 1.54) is 6.07 Å². The van der Waals surface area contributed by atoms with Crippen molar-refractivity contribution in [2.24, 2.45) is 0 Å². The maximum Gasteiger partial charge on any atom is 0.274 e. The maximum absolute atomic E-state index is 11.2. The number of benzene rings is 1. The summed E-state index contributed by atoms with van der Waals surface area (Å²) in [7, 11) is 0. The van der Waals surface area contributed by atoms with Crippen LogP contribution < -0.4 is 16.4 Å². The van der Waals surface area contributed by atoms with Gasteiger partial charge in [0.15, 0.2) is 0 Å². The second-order valence-electron chi connectivity index (χ2n) is 2.63. The number of aromatic nitrogens is 2. The molecule has 0 unspecified atom stereocenters. The van der Waals surface area contributed by atoms with Crippen LogP contribution in [0.5, 0.6) is 5.88 Å². The van der Waals surface area contributed by atoms with Gasteiger partial charge in [0.25, 0.3) is 5.56 Å². The highest BCUT2D eigenvalue weighted by molar-refractivity contribution is 5.94. The number of H-pyrrole nitrogens is 1. The molecular weight excluding hydrogens is 170 g/mol. The average Bonchev–Trinajstić information content (AvgIpc) is 2.12. The lowest BCUT2D eigenvalue weighted by Gasteiger charge is -2.07. The fraction of sp³-hybridized carbons (Fsp3) is 0. The normalized spacial score (nSPS) is 10.5. The van der Waals surface area contributed by atoms with Crippen LogP contribution in [-0.4, -0.2) is 10.2 Å².